The Labute approximate surface area is 88.5 Å². The topological polar surface area (TPSA) is 53.7 Å². The van der Waals surface area contributed by atoms with Gasteiger partial charge in [0.15, 0.2) is 0 Å². The molecule has 1 aromatic heterocycles. The SMILES string of the molecule is CC(c1ccc(C(=O)O)o1)N1CCCC1. The number of furan rings is 1. The minimum atomic E-state index is -1.00. The third-order valence-corrected chi connectivity index (χ3v) is 2.94. The lowest BCUT2D eigenvalue weighted by Crippen LogP contribution is -2.22. The molecule has 1 aromatic rings. The van der Waals surface area contributed by atoms with E-state index in [0.29, 0.717) is 0 Å². The van der Waals surface area contributed by atoms with Gasteiger partial charge >= 0.3 is 5.97 Å². The number of hydrogen-bond acceptors (Lipinski definition) is 3. The molecule has 1 atom stereocenters. The van der Waals surface area contributed by atoms with Gasteiger partial charge in [0, 0.05) is 0 Å². The predicted molar refractivity (Wildman–Crippen MR) is 54.9 cm³/mol. The van der Waals surface area contributed by atoms with Crippen LogP contribution in [-0.2, 0) is 0 Å². The molecule has 1 aliphatic rings. The number of carbonyl (C=O) groups is 1. The van der Waals surface area contributed by atoms with Gasteiger partial charge in [0.25, 0.3) is 0 Å². The second-order valence-electron chi connectivity index (χ2n) is 3.93. The Hall–Kier alpha value is -1.29. The van der Waals surface area contributed by atoms with Gasteiger partial charge in [-0.1, -0.05) is 0 Å². The van der Waals surface area contributed by atoms with Crippen LogP contribution in [-0.4, -0.2) is 29.1 Å². The minimum absolute atomic E-state index is 0.0241. The van der Waals surface area contributed by atoms with Crippen LogP contribution in [0.15, 0.2) is 16.5 Å². The number of rotatable bonds is 3. The molecule has 82 valence electrons. The van der Waals surface area contributed by atoms with Crippen molar-refractivity contribution in [1.82, 2.24) is 4.90 Å². The van der Waals surface area contributed by atoms with Gasteiger partial charge in [0.1, 0.15) is 5.76 Å². The summed E-state index contributed by atoms with van der Waals surface area (Å²) in [6, 6.07) is 3.46. The van der Waals surface area contributed by atoms with Gasteiger partial charge in [0.2, 0.25) is 5.76 Å². The summed E-state index contributed by atoms with van der Waals surface area (Å²) >= 11 is 0. The zero-order valence-corrected chi connectivity index (χ0v) is 8.77. The Morgan fingerprint density at radius 2 is 2.13 bits per heavy atom. The first kappa shape index (κ1) is 10.2. The number of carboxylic acids is 1. The quantitative estimate of drug-likeness (QED) is 0.828. The molecule has 0 amide bonds. The van der Waals surface area contributed by atoms with E-state index in [-0.39, 0.29) is 11.8 Å². The van der Waals surface area contributed by atoms with Crippen LogP contribution in [0.25, 0.3) is 0 Å². The summed E-state index contributed by atoms with van der Waals surface area (Å²) < 4.78 is 5.28. The third-order valence-electron chi connectivity index (χ3n) is 2.94. The van der Waals surface area contributed by atoms with Crippen LogP contribution in [0.4, 0.5) is 0 Å². The highest BCUT2D eigenvalue weighted by Gasteiger charge is 2.22. The zero-order valence-electron chi connectivity index (χ0n) is 8.77. The zero-order chi connectivity index (χ0) is 10.8. The largest absolute Gasteiger partial charge is 0.475 e. The number of likely N-dealkylation sites (tertiary alicyclic amines) is 1. The van der Waals surface area contributed by atoms with Gasteiger partial charge in [-0.05, 0) is 45.0 Å². The fourth-order valence-electron chi connectivity index (χ4n) is 2.00. The van der Waals surface area contributed by atoms with Crippen molar-refractivity contribution >= 4 is 5.97 Å². The maximum absolute atomic E-state index is 10.7. The average Bonchev–Trinajstić information content (AvgIpc) is 2.88. The molecule has 0 bridgehead atoms. The normalized spacial score (nSPS) is 19.3. The van der Waals surface area contributed by atoms with Crippen molar-refractivity contribution < 1.29 is 14.3 Å². The first-order chi connectivity index (χ1) is 7.18. The molecule has 4 nitrogen and oxygen atoms in total. The Balaban J connectivity index is 2.10. The van der Waals surface area contributed by atoms with Crippen molar-refractivity contribution in [2.75, 3.05) is 13.1 Å². The molecule has 1 aliphatic heterocycles. The van der Waals surface area contributed by atoms with Crippen LogP contribution in [0.3, 0.4) is 0 Å². The molecule has 0 radical (unpaired) electrons. The van der Waals surface area contributed by atoms with Crippen LogP contribution in [0.2, 0.25) is 0 Å². The molecule has 2 rings (SSSR count). The molecule has 0 spiro atoms. The maximum atomic E-state index is 10.7. The fourth-order valence-corrected chi connectivity index (χ4v) is 2.00. The summed E-state index contributed by atoms with van der Waals surface area (Å²) in [6.07, 6.45) is 2.44. The minimum Gasteiger partial charge on any atom is -0.475 e. The van der Waals surface area contributed by atoms with Crippen LogP contribution in [0, 0.1) is 0 Å². The van der Waals surface area contributed by atoms with E-state index in [1.165, 1.54) is 18.9 Å². The molecule has 1 fully saturated rings. The van der Waals surface area contributed by atoms with Crippen molar-refractivity contribution in [3.63, 3.8) is 0 Å². The molecular formula is C11H15NO3. The highest BCUT2D eigenvalue weighted by atomic mass is 16.4. The van der Waals surface area contributed by atoms with Crippen molar-refractivity contribution in [1.29, 1.82) is 0 Å². The standard InChI is InChI=1S/C11H15NO3/c1-8(12-6-2-3-7-12)9-4-5-10(15-9)11(13)14/h4-5,8H,2-3,6-7H2,1H3,(H,13,14). The summed E-state index contributed by atoms with van der Waals surface area (Å²) in [5.41, 5.74) is 0. The van der Waals surface area contributed by atoms with E-state index in [4.69, 9.17) is 9.52 Å². The lowest BCUT2D eigenvalue weighted by Gasteiger charge is -2.21. The molecule has 0 aliphatic carbocycles. The predicted octanol–water partition coefficient (Wildman–Crippen LogP) is 2.13. The van der Waals surface area contributed by atoms with Crippen molar-refractivity contribution in [2.24, 2.45) is 0 Å². The molecule has 0 aromatic carbocycles. The monoisotopic (exact) mass is 209 g/mol. The Bertz CT molecular complexity index is 352. The summed E-state index contributed by atoms with van der Waals surface area (Å²) in [6.45, 7) is 4.20. The number of hydrogen-bond donors (Lipinski definition) is 1. The molecule has 1 N–H and O–H groups in total. The number of nitrogens with zero attached hydrogens (tertiary/aromatic N) is 1. The van der Waals surface area contributed by atoms with Gasteiger partial charge in [-0.25, -0.2) is 4.79 Å². The highest BCUT2D eigenvalue weighted by molar-refractivity contribution is 5.84. The van der Waals surface area contributed by atoms with Crippen LogP contribution in [0.5, 0.6) is 0 Å². The average molecular weight is 209 g/mol. The summed E-state index contributed by atoms with van der Waals surface area (Å²) in [5.74, 6) is -0.236. The van der Waals surface area contributed by atoms with E-state index in [9.17, 15) is 4.79 Å². The molecular weight excluding hydrogens is 194 g/mol. The molecule has 0 saturated carbocycles. The van der Waals surface area contributed by atoms with E-state index in [0.717, 1.165) is 18.8 Å². The van der Waals surface area contributed by atoms with Crippen molar-refractivity contribution in [2.45, 2.75) is 25.8 Å². The molecule has 1 unspecified atom stereocenters. The van der Waals surface area contributed by atoms with Crippen molar-refractivity contribution in [3.05, 3.63) is 23.7 Å². The highest BCUT2D eigenvalue weighted by Crippen LogP contribution is 2.25. The number of carboxylic acid groups (broad SMARTS) is 1. The van der Waals surface area contributed by atoms with Gasteiger partial charge < -0.3 is 9.52 Å². The fraction of sp³-hybridized carbons (Fsp3) is 0.545. The van der Waals surface area contributed by atoms with E-state index in [1.807, 2.05) is 0 Å². The third kappa shape index (κ3) is 2.04. The summed E-state index contributed by atoms with van der Waals surface area (Å²) in [5, 5.41) is 8.74. The van der Waals surface area contributed by atoms with Crippen molar-refractivity contribution in [3.8, 4) is 0 Å². The van der Waals surface area contributed by atoms with Crippen LogP contribution >= 0.6 is 0 Å². The van der Waals surface area contributed by atoms with Gasteiger partial charge in [0.05, 0.1) is 6.04 Å². The second-order valence-corrected chi connectivity index (χ2v) is 3.93. The molecule has 2 heterocycles. The lowest BCUT2D eigenvalue weighted by molar-refractivity contribution is 0.0657. The summed E-state index contributed by atoms with van der Waals surface area (Å²) in [7, 11) is 0. The Morgan fingerprint density at radius 3 is 2.67 bits per heavy atom. The van der Waals surface area contributed by atoms with Crippen LogP contribution < -0.4 is 0 Å². The van der Waals surface area contributed by atoms with E-state index in [1.54, 1.807) is 6.07 Å². The number of aromatic carboxylic acids is 1. The Kier molecular flexibility index (Phi) is 2.77. The van der Waals surface area contributed by atoms with E-state index >= 15 is 0 Å². The first-order valence-electron chi connectivity index (χ1n) is 5.25. The summed E-state index contributed by atoms with van der Waals surface area (Å²) in [4.78, 5) is 13.0. The van der Waals surface area contributed by atoms with Gasteiger partial charge in [-0.2, -0.15) is 0 Å². The first-order valence-corrected chi connectivity index (χ1v) is 5.25. The smallest absolute Gasteiger partial charge is 0.371 e. The molecule has 15 heavy (non-hydrogen) atoms. The lowest BCUT2D eigenvalue weighted by atomic mass is 10.2. The second kappa shape index (κ2) is 4.06. The molecule has 1 saturated heterocycles. The van der Waals surface area contributed by atoms with Gasteiger partial charge in [-0.15, -0.1) is 0 Å². The van der Waals surface area contributed by atoms with Crippen LogP contribution in [0.1, 0.15) is 42.1 Å². The van der Waals surface area contributed by atoms with E-state index in [2.05, 4.69) is 11.8 Å². The van der Waals surface area contributed by atoms with E-state index < -0.39 is 5.97 Å². The van der Waals surface area contributed by atoms with Gasteiger partial charge in [-0.3, -0.25) is 4.90 Å². The molecule has 4 heteroatoms. The Morgan fingerprint density at radius 1 is 1.47 bits per heavy atom. The maximum Gasteiger partial charge on any atom is 0.371 e.